The molecule has 1 atom stereocenters. The van der Waals surface area contributed by atoms with Crippen molar-refractivity contribution in [3.63, 3.8) is 0 Å². The summed E-state index contributed by atoms with van der Waals surface area (Å²) in [7, 11) is 1.92. The van der Waals surface area contributed by atoms with Gasteiger partial charge in [-0.15, -0.1) is 0 Å². The van der Waals surface area contributed by atoms with E-state index in [-0.39, 0.29) is 5.92 Å². The highest BCUT2D eigenvalue weighted by Crippen LogP contribution is 2.31. The van der Waals surface area contributed by atoms with E-state index in [1.807, 2.05) is 42.4 Å². The normalized spacial score (nSPS) is 16.7. The van der Waals surface area contributed by atoms with E-state index in [9.17, 15) is 5.11 Å². The van der Waals surface area contributed by atoms with Crippen molar-refractivity contribution < 1.29 is 5.11 Å². The van der Waals surface area contributed by atoms with Crippen LogP contribution >= 0.6 is 0 Å². The highest BCUT2D eigenvalue weighted by molar-refractivity contribution is 5.40. The molecule has 0 radical (unpaired) electrons. The molecule has 27 heavy (non-hydrogen) atoms. The van der Waals surface area contributed by atoms with Gasteiger partial charge in [-0.1, -0.05) is 0 Å². The molecule has 0 spiro atoms. The molecule has 0 amide bonds. The van der Waals surface area contributed by atoms with E-state index in [0.29, 0.717) is 0 Å². The maximum atomic E-state index is 10.7. The van der Waals surface area contributed by atoms with Crippen LogP contribution in [0.1, 0.15) is 36.2 Å². The number of aromatic nitrogens is 6. The van der Waals surface area contributed by atoms with Crippen molar-refractivity contribution in [1.29, 1.82) is 0 Å². The fourth-order valence-corrected chi connectivity index (χ4v) is 3.78. The molecule has 0 aliphatic carbocycles. The van der Waals surface area contributed by atoms with E-state index in [2.05, 4.69) is 20.0 Å². The van der Waals surface area contributed by atoms with Gasteiger partial charge in [0.1, 0.15) is 17.7 Å². The first kappa shape index (κ1) is 17.7. The molecule has 142 valence electrons. The summed E-state index contributed by atoms with van der Waals surface area (Å²) in [6, 6.07) is 2.03. The first-order valence-corrected chi connectivity index (χ1v) is 9.29. The Bertz CT molecular complexity index is 924. The molecular weight excluding hydrogens is 342 g/mol. The molecule has 1 N–H and O–H groups in total. The van der Waals surface area contributed by atoms with Crippen molar-refractivity contribution in [2.75, 3.05) is 18.0 Å². The van der Waals surface area contributed by atoms with Gasteiger partial charge >= 0.3 is 0 Å². The van der Waals surface area contributed by atoms with Crippen LogP contribution in [0.2, 0.25) is 0 Å². The van der Waals surface area contributed by atoms with E-state index < -0.39 is 6.10 Å². The Labute approximate surface area is 158 Å². The second kappa shape index (κ2) is 7.11. The quantitative estimate of drug-likeness (QED) is 0.759. The monoisotopic (exact) mass is 367 g/mol. The predicted molar refractivity (Wildman–Crippen MR) is 102 cm³/mol. The third-order valence-electron chi connectivity index (χ3n) is 5.27. The first-order chi connectivity index (χ1) is 13.0. The van der Waals surface area contributed by atoms with Crippen molar-refractivity contribution in [2.24, 2.45) is 13.0 Å². The van der Waals surface area contributed by atoms with Gasteiger partial charge in [-0.05, 0) is 38.7 Å². The van der Waals surface area contributed by atoms with Crippen molar-refractivity contribution in [1.82, 2.24) is 29.3 Å². The van der Waals surface area contributed by atoms with Gasteiger partial charge in [-0.3, -0.25) is 4.98 Å². The largest absolute Gasteiger partial charge is 0.385 e. The lowest BCUT2D eigenvalue weighted by atomic mass is 9.91. The van der Waals surface area contributed by atoms with E-state index >= 15 is 0 Å². The van der Waals surface area contributed by atoms with Crippen LogP contribution in [0.15, 0.2) is 30.9 Å². The van der Waals surface area contributed by atoms with E-state index in [4.69, 9.17) is 4.98 Å². The third-order valence-corrected chi connectivity index (χ3v) is 5.27. The molecule has 0 aromatic carbocycles. The molecule has 8 nitrogen and oxygen atoms in total. The van der Waals surface area contributed by atoms with Crippen LogP contribution in [0.25, 0.3) is 5.82 Å². The standard InChI is InChI=1S/C19H25N7O/c1-13-10-14(2)26(23-13)17-12-20-11-16(22-17)25-7-4-15(5-8-25)18(27)19-21-6-9-24(19)3/h6,9-12,15,18,27H,4-5,7-8H2,1-3H3. The maximum absolute atomic E-state index is 10.7. The second-order valence-corrected chi connectivity index (χ2v) is 7.24. The molecule has 4 heterocycles. The zero-order valence-electron chi connectivity index (χ0n) is 15.9. The number of anilines is 1. The number of nitrogens with zero attached hydrogens (tertiary/aromatic N) is 7. The molecular formula is C19H25N7O. The van der Waals surface area contributed by atoms with Crippen LogP contribution in [0.4, 0.5) is 5.82 Å². The number of aliphatic hydroxyl groups excluding tert-OH is 1. The van der Waals surface area contributed by atoms with Gasteiger partial charge in [-0.25, -0.2) is 14.6 Å². The molecule has 4 rings (SSSR count). The number of hydrogen-bond donors (Lipinski definition) is 1. The number of hydrogen-bond acceptors (Lipinski definition) is 6. The third kappa shape index (κ3) is 3.44. The summed E-state index contributed by atoms with van der Waals surface area (Å²) in [5.74, 6) is 2.52. The first-order valence-electron chi connectivity index (χ1n) is 9.29. The Morgan fingerprint density at radius 3 is 2.52 bits per heavy atom. The fourth-order valence-electron chi connectivity index (χ4n) is 3.78. The Kier molecular flexibility index (Phi) is 4.65. The summed E-state index contributed by atoms with van der Waals surface area (Å²) < 4.78 is 3.71. The average Bonchev–Trinajstić information content (AvgIpc) is 3.26. The molecule has 3 aromatic rings. The highest BCUT2D eigenvalue weighted by atomic mass is 16.3. The highest BCUT2D eigenvalue weighted by Gasteiger charge is 2.29. The Balaban J connectivity index is 1.46. The van der Waals surface area contributed by atoms with E-state index in [1.165, 1.54) is 0 Å². The lowest BCUT2D eigenvalue weighted by Crippen LogP contribution is -2.36. The summed E-state index contributed by atoms with van der Waals surface area (Å²) in [5.41, 5.74) is 2.00. The summed E-state index contributed by atoms with van der Waals surface area (Å²) in [6.45, 7) is 5.65. The minimum Gasteiger partial charge on any atom is -0.385 e. The zero-order chi connectivity index (χ0) is 19.0. The lowest BCUT2D eigenvalue weighted by molar-refractivity contribution is 0.0824. The van der Waals surface area contributed by atoms with Crippen molar-refractivity contribution in [3.8, 4) is 5.82 Å². The molecule has 0 bridgehead atoms. The second-order valence-electron chi connectivity index (χ2n) is 7.24. The van der Waals surface area contributed by atoms with Crippen LogP contribution in [-0.4, -0.2) is 47.5 Å². The van der Waals surface area contributed by atoms with Crippen molar-refractivity contribution in [2.45, 2.75) is 32.8 Å². The summed E-state index contributed by atoms with van der Waals surface area (Å²) in [5, 5.41) is 15.1. The van der Waals surface area contributed by atoms with Crippen LogP contribution < -0.4 is 4.90 Å². The topological polar surface area (TPSA) is 84.9 Å². The SMILES string of the molecule is Cc1cc(C)n(-c2cncc(N3CCC(C(O)c4nccn4C)CC3)n2)n1. The van der Waals surface area contributed by atoms with Crippen LogP contribution in [0.3, 0.4) is 0 Å². The van der Waals surface area contributed by atoms with Gasteiger partial charge in [0.15, 0.2) is 5.82 Å². The number of piperidine rings is 1. The zero-order valence-corrected chi connectivity index (χ0v) is 15.9. The van der Waals surface area contributed by atoms with Gasteiger partial charge in [-0.2, -0.15) is 5.10 Å². The smallest absolute Gasteiger partial charge is 0.174 e. The fraction of sp³-hybridized carbons (Fsp3) is 0.474. The molecule has 1 aliphatic heterocycles. The van der Waals surface area contributed by atoms with Gasteiger partial charge in [0, 0.05) is 38.2 Å². The number of imidazole rings is 1. The molecule has 3 aromatic heterocycles. The number of aliphatic hydroxyl groups is 1. The minimum atomic E-state index is -0.528. The number of aryl methyl sites for hydroxylation is 3. The molecule has 0 saturated carbocycles. The van der Waals surface area contributed by atoms with Gasteiger partial charge in [0.2, 0.25) is 0 Å². The summed E-state index contributed by atoms with van der Waals surface area (Å²) >= 11 is 0. The summed E-state index contributed by atoms with van der Waals surface area (Å²) in [6.07, 6.45) is 8.38. The van der Waals surface area contributed by atoms with Crippen molar-refractivity contribution >= 4 is 5.82 Å². The van der Waals surface area contributed by atoms with E-state index in [0.717, 1.165) is 54.8 Å². The lowest BCUT2D eigenvalue weighted by Gasteiger charge is -2.34. The van der Waals surface area contributed by atoms with Gasteiger partial charge in [0.25, 0.3) is 0 Å². The van der Waals surface area contributed by atoms with Gasteiger partial charge < -0.3 is 14.6 Å². The average molecular weight is 367 g/mol. The van der Waals surface area contributed by atoms with Crippen LogP contribution in [0, 0.1) is 19.8 Å². The predicted octanol–water partition coefficient (Wildman–Crippen LogP) is 1.96. The maximum Gasteiger partial charge on any atom is 0.174 e. The summed E-state index contributed by atoms with van der Waals surface area (Å²) in [4.78, 5) is 15.6. The molecule has 1 saturated heterocycles. The molecule has 1 aliphatic rings. The van der Waals surface area contributed by atoms with Crippen molar-refractivity contribution in [3.05, 3.63) is 48.1 Å². The number of rotatable bonds is 4. The molecule has 8 heteroatoms. The minimum absolute atomic E-state index is 0.203. The Morgan fingerprint density at radius 2 is 1.89 bits per heavy atom. The molecule has 1 unspecified atom stereocenters. The van der Waals surface area contributed by atoms with Crippen LogP contribution in [0.5, 0.6) is 0 Å². The molecule has 1 fully saturated rings. The Morgan fingerprint density at radius 1 is 1.15 bits per heavy atom. The van der Waals surface area contributed by atoms with E-state index in [1.54, 1.807) is 18.6 Å². The Hall–Kier alpha value is -2.74. The van der Waals surface area contributed by atoms with Crippen LogP contribution in [-0.2, 0) is 7.05 Å². The van der Waals surface area contributed by atoms with Gasteiger partial charge in [0.05, 0.1) is 18.1 Å².